The molecule has 1 aliphatic rings. The van der Waals surface area contributed by atoms with Gasteiger partial charge in [-0.2, -0.15) is 5.26 Å². The van der Waals surface area contributed by atoms with Crippen LogP contribution < -0.4 is 0 Å². The van der Waals surface area contributed by atoms with Crippen LogP contribution in [0.25, 0.3) is 0 Å². The van der Waals surface area contributed by atoms with Crippen molar-refractivity contribution < 1.29 is 4.79 Å². The molecule has 0 bridgehead atoms. The van der Waals surface area contributed by atoms with Crippen LogP contribution in [0.3, 0.4) is 0 Å². The van der Waals surface area contributed by atoms with Gasteiger partial charge in [0.25, 0.3) is 0 Å². The summed E-state index contributed by atoms with van der Waals surface area (Å²) in [7, 11) is 0. The molecule has 64 valence electrons. The van der Waals surface area contributed by atoms with Gasteiger partial charge in [-0.25, -0.2) is 0 Å². The summed E-state index contributed by atoms with van der Waals surface area (Å²) in [5, 5.41) is 8.71. The number of aryl methyl sites for hydroxylation is 1. The smallest absolute Gasteiger partial charge is 0.180 e. The van der Waals surface area contributed by atoms with Gasteiger partial charge in [-0.1, -0.05) is 23.8 Å². The maximum absolute atomic E-state index is 11.5. The molecule has 2 heteroatoms. The Labute approximate surface area is 76.8 Å². The van der Waals surface area contributed by atoms with Gasteiger partial charge in [0.1, 0.15) is 5.92 Å². The van der Waals surface area contributed by atoms with Crippen LogP contribution in [0.2, 0.25) is 0 Å². The van der Waals surface area contributed by atoms with Gasteiger partial charge in [0, 0.05) is 5.56 Å². The van der Waals surface area contributed by atoms with Gasteiger partial charge in [0.05, 0.1) is 6.07 Å². The van der Waals surface area contributed by atoms with Gasteiger partial charge in [-0.3, -0.25) is 4.79 Å². The molecular formula is C11H9NO. The fourth-order valence-electron chi connectivity index (χ4n) is 1.74. The molecule has 1 atom stereocenters. The number of benzene rings is 1. The normalized spacial score (nSPS) is 19.7. The summed E-state index contributed by atoms with van der Waals surface area (Å²) in [5.74, 6) is -0.464. The zero-order valence-electron chi connectivity index (χ0n) is 7.37. The van der Waals surface area contributed by atoms with Crippen molar-refractivity contribution in [2.75, 3.05) is 0 Å². The lowest BCUT2D eigenvalue weighted by Gasteiger charge is -1.96. The van der Waals surface area contributed by atoms with Crippen LogP contribution in [0, 0.1) is 24.2 Å². The Morgan fingerprint density at radius 2 is 2.31 bits per heavy atom. The minimum atomic E-state index is -0.447. The molecule has 0 radical (unpaired) electrons. The van der Waals surface area contributed by atoms with Crippen molar-refractivity contribution >= 4 is 5.78 Å². The Hall–Kier alpha value is -1.62. The van der Waals surface area contributed by atoms with Crippen LogP contribution in [-0.4, -0.2) is 5.78 Å². The van der Waals surface area contributed by atoms with Crippen LogP contribution >= 0.6 is 0 Å². The fourth-order valence-corrected chi connectivity index (χ4v) is 1.74. The first-order valence-electron chi connectivity index (χ1n) is 4.25. The molecular weight excluding hydrogens is 162 g/mol. The van der Waals surface area contributed by atoms with E-state index in [0.717, 1.165) is 16.7 Å². The van der Waals surface area contributed by atoms with Crippen LogP contribution in [0.15, 0.2) is 18.2 Å². The largest absolute Gasteiger partial charge is 0.293 e. The number of carbonyl (C=O) groups is 1. The number of rotatable bonds is 0. The maximum Gasteiger partial charge on any atom is 0.180 e. The Kier molecular flexibility index (Phi) is 1.66. The average Bonchev–Trinajstić information content (AvgIpc) is 2.42. The zero-order chi connectivity index (χ0) is 9.42. The highest BCUT2D eigenvalue weighted by molar-refractivity contribution is 6.03. The minimum absolute atomic E-state index is 0.0162. The monoisotopic (exact) mass is 171 g/mol. The maximum atomic E-state index is 11.5. The molecule has 0 saturated heterocycles. The Morgan fingerprint density at radius 1 is 1.54 bits per heavy atom. The quantitative estimate of drug-likeness (QED) is 0.598. The molecule has 2 rings (SSSR count). The second-order valence-electron chi connectivity index (χ2n) is 3.41. The summed E-state index contributed by atoms with van der Waals surface area (Å²) in [6, 6.07) is 7.76. The molecule has 0 aliphatic heterocycles. The molecule has 2 nitrogen and oxygen atoms in total. The SMILES string of the molecule is Cc1ccc2c(c1)CC(C#N)C2=O. The highest BCUT2D eigenvalue weighted by Crippen LogP contribution is 2.26. The Bertz CT molecular complexity index is 415. The van der Waals surface area contributed by atoms with Crippen LogP contribution in [0.4, 0.5) is 0 Å². The van der Waals surface area contributed by atoms with Gasteiger partial charge in [-0.15, -0.1) is 0 Å². The third-order valence-electron chi connectivity index (χ3n) is 2.42. The summed E-state index contributed by atoms with van der Waals surface area (Å²) in [6.45, 7) is 1.99. The molecule has 0 amide bonds. The van der Waals surface area contributed by atoms with Gasteiger partial charge >= 0.3 is 0 Å². The number of hydrogen-bond donors (Lipinski definition) is 0. The van der Waals surface area contributed by atoms with Crippen LogP contribution in [-0.2, 0) is 6.42 Å². The Balaban J connectivity index is 2.51. The summed E-state index contributed by atoms with van der Waals surface area (Å²) in [4.78, 5) is 11.5. The first kappa shape index (κ1) is 8.00. The lowest BCUT2D eigenvalue weighted by molar-refractivity contribution is 0.0963. The van der Waals surface area contributed by atoms with Crippen molar-refractivity contribution in [3.8, 4) is 6.07 Å². The molecule has 0 aromatic heterocycles. The van der Waals surface area contributed by atoms with Crippen molar-refractivity contribution in [1.82, 2.24) is 0 Å². The van der Waals surface area contributed by atoms with E-state index >= 15 is 0 Å². The zero-order valence-corrected chi connectivity index (χ0v) is 7.37. The number of nitrogens with zero attached hydrogens (tertiary/aromatic N) is 1. The lowest BCUT2D eigenvalue weighted by atomic mass is 10.1. The number of ketones is 1. The van der Waals surface area contributed by atoms with Crippen molar-refractivity contribution in [1.29, 1.82) is 5.26 Å². The van der Waals surface area contributed by atoms with Crippen LogP contribution in [0.5, 0.6) is 0 Å². The average molecular weight is 171 g/mol. The third-order valence-corrected chi connectivity index (χ3v) is 2.42. The van der Waals surface area contributed by atoms with Gasteiger partial charge in [0.15, 0.2) is 5.78 Å². The van der Waals surface area contributed by atoms with Gasteiger partial charge in [-0.05, 0) is 18.9 Å². The predicted molar refractivity (Wildman–Crippen MR) is 48.3 cm³/mol. The third kappa shape index (κ3) is 1.13. The predicted octanol–water partition coefficient (Wildman–Crippen LogP) is 1.87. The second kappa shape index (κ2) is 2.70. The van der Waals surface area contributed by atoms with E-state index < -0.39 is 5.92 Å². The van der Waals surface area contributed by atoms with E-state index in [1.807, 2.05) is 31.2 Å². The van der Waals surface area contributed by atoms with E-state index in [2.05, 4.69) is 0 Å². The molecule has 0 fully saturated rings. The molecule has 0 heterocycles. The topological polar surface area (TPSA) is 40.9 Å². The van der Waals surface area contributed by atoms with E-state index in [0.29, 0.717) is 6.42 Å². The number of nitriles is 1. The van der Waals surface area contributed by atoms with Crippen molar-refractivity contribution in [3.05, 3.63) is 34.9 Å². The molecule has 1 aliphatic carbocycles. The van der Waals surface area contributed by atoms with E-state index in [1.165, 1.54) is 0 Å². The summed E-state index contributed by atoms with van der Waals surface area (Å²) in [6.07, 6.45) is 0.590. The lowest BCUT2D eigenvalue weighted by Crippen LogP contribution is -2.05. The first-order chi connectivity index (χ1) is 6.22. The van der Waals surface area contributed by atoms with Gasteiger partial charge in [0.2, 0.25) is 0 Å². The molecule has 0 saturated carbocycles. The molecule has 13 heavy (non-hydrogen) atoms. The molecule has 0 N–H and O–H groups in total. The minimum Gasteiger partial charge on any atom is -0.293 e. The van der Waals surface area contributed by atoms with E-state index in [1.54, 1.807) is 0 Å². The summed E-state index contributed by atoms with van der Waals surface area (Å²) < 4.78 is 0. The first-order valence-corrected chi connectivity index (χ1v) is 4.25. The van der Waals surface area contributed by atoms with E-state index in [4.69, 9.17) is 5.26 Å². The molecule has 1 aromatic carbocycles. The number of Topliss-reactive ketones (excluding diaryl/α,β-unsaturated/α-hetero) is 1. The molecule has 1 aromatic rings. The summed E-state index contributed by atoms with van der Waals surface area (Å²) >= 11 is 0. The summed E-state index contributed by atoms with van der Waals surface area (Å²) in [5.41, 5.74) is 2.90. The number of carbonyl (C=O) groups excluding carboxylic acids is 1. The van der Waals surface area contributed by atoms with E-state index in [9.17, 15) is 4.79 Å². The van der Waals surface area contributed by atoms with Gasteiger partial charge < -0.3 is 0 Å². The standard InChI is InChI=1S/C11H9NO/c1-7-2-3-10-8(4-7)5-9(6-12)11(10)13/h2-4,9H,5H2,1H3. The van der Waals surface area contributed by atoms with E-state index in [-0.39, 0.29) is 5.78 Å². The molecule has 1 unspecified atom stereocenters. The van der Waals surface area contributed by atoms with Crippen molar-refractivity contribution in [3.63, 3.8) is 0 Å². The van der Waals surface area contributed by atoms with Crippen LogP contribution in [0.1, 0.15) is 21.5 Å². The van der Waals surface area contributed by atoms with Crippen molar-refractivity contribution in [2.24, 2.45) is 5.92 Å². The van der Waals surface area contributed by atoms with Crippen molar-refractivity contribution in [2.45, 2.75) is 13.3 Å². The highest BCUT2D eigenvalue weighted by Gasteiger charge is 2.29. The molecule has 0 spiro atoms. The Morgan fingerprint density at radius 3 is 3.00 bits per heavy atom. The number of fused-ring (bicyclic) bond motifs is 1. The second-order valence-corrected chi connectivity index (χ2v) is 3.41. The fraction of sp³-hybridized carbons (Fsp3) is 0.273. The highest BCUT2D eigenvalue weighted by atomic mass is 16.1. The number of hydrogen-bond acceptors (Lipinski definition) is 2.